The van der Waals surface area contributed by atoms with Crippen LogP contribution in [0.1, 0.15) is 32.6 Å². The number of carbonyl (C=O) groups excluding carboxylic acids is 1. The van der Waals surface area contributed by atoms with Gasteiger partial charge in [-0.2, -0.15) is 0 Å². The second kappa shape index (κ2) is 6.92. The van der Waals surface area contributed by atoms with Crippen LogP contribution in [0.2, 0.25) is 0 Å². The van der Waals surface area contributed by atoms with Gasteiger partial charge in [0.2, 0.25) is 0 Å². The number of amides is 2. The fraction of sp³-hybridized carbons (Fsp3) is 0.857. The molecule has 2 amide bonds. The quantitative estimate of drug-likeness (QED) is 0.770. The van der Waals surface area contributed by atoms with E-state index in [0.717, 1.165) is 38.9 Å². The monoisotopic (exact) mass is 284 g/mol. The fourth-order valence-electron chi connectivity index (χ4n) is 2.61. The maximum absolute atomic E-state index is 12.2. The highest BCUT2D eigenvalue weighted by Gasteiger charge is 2.29. The zero-order chi connectivity index (χ0) is 14.5. The minimum atomic E-state index is -0.959. The molecule has 114 valence electrons. The number of carboxylic acid groups (broad SMARTS) is 1. The molecule has 2 rings (SSSR count). The average Bonchev–Trinajstić information content (AvgIpc) is 3.22. The van der Waals surface area contributed by atoms with E-state index < -0.39 is 5.97 Å². The number of urea groups is 1. The van der Waals surface area contributed by atoms with Gasteiger partial charge in [0.1, 0.15) is 6.54 Å². The van der Waals surface area contributed by atoms with E-state index in [-0.39, 0.29) is 18.6 Å². The molecule has 0 aromatic carbocycles. The molecule has 0 aromatic rings. The average molecular weight is 284 g/mol. The topological polar surface area (TPSA) is 78.9 Å². The van der Waals surface area contributed by atoms with Crippen molar-refractivity contribution in [1.82, 2.24) is 10.2 Å². The summed E-state index contributed by atoms with van der Waals surface area (Å²) in [5, 5.41) is 11.9. The van der Waals surface area contributed by atoms with Gasteiger partial charge in [-0.25, -0.2) is 4.79 Å². The highest BCUT2D eigenvalue weighted by Crippen LogP contribution is 2.29. The first kappa shape index (κ1) is 15.1. The van der Waals surface area contributed by atoms with Crippen molar-refractivity contribution in [2.24, 2.45) is 11.8 Å². The van der Waals surface area contributed by atoms with Gasteiger partial charge in [0.05, 0.1) is 0 Å². The van der Waals surface area contributed by atoms with Gasteiger partial charge in [0, 0.05) is 25.8 Å². The lowest BCUT2D eigenvalue weighted by Crippen LogP contribution is -2.49. The Morgan fingerprint density at radius 2 is 1.95 bits per heavy atom. The molecule has 2 fully saturated rings. The number of hydrogen-bond donors (Lipinski definition) is 2. The largest absolute Gasteiger partial charge is 0.480 e. The van der Waals surface area contributed by atoms with Gasteiger partial charge in [-0.05, 0) is 44.4 Å². The second-order valence-corrected chi connectivity index (χ2v) is 5.91. The Kier molecular flexibility index (Phi) is 5.23. The lowest BCUT2D eigenvalue weighted by atomic mass is 9.93. The molecule has 1 aliphatic heterocycles. The van der Waals surface area contributed by atoms with Gasteiger partial charge in [-0.1, -0.05) is 0 Å². The van der Waals surface area contributed by atoms with Gasteiger partial charge in [0.25, 0.3) is 0 Å². The Labute approximate surface area is 119 Å². The number of nitrogens with zero attached hydrogens (tertiary/aromatic N) is 1. The molecule has 1 saturated heterocycles. The number of carboxylic acids is 1. The lowest BCUT2D eigenvalue weighted by molar-refractivity contribution is -0.137. The Morgan fingerprint density at radius 3 is 2.50 bits per heavy atom. The third-order valence-electron chi connectivity index (χ3n) is 4.11. The smallest absolute Gasteiger partial charge is 0.323 e. The molecule has 6 nitrogen and oxygen atoms in total. The Balaban J connectivity index is 1.83. The maximum Gasteiger partial charge on any atom is 0.323 e. The van der Waals surface area contributed by atoms with Crippen LogP contribution in [-0.4, -0.2) is 54.4 Å². The summed E-state index contributed by atoms with van der Waals surface area (Å²) in [7, 11) is 0. The van der Waals surface area contributed by atoms with Crippen molar-refractivity contribution in [3.8, 4) is 0 Å². The molecule has 0 bridgehead atoms. The highest BCUT2D eigenvalue weighted by molar-refractivity contribution is 5.80. The van der Waals surface area contributed by atoms with Crippen molar-refractivity contribution in [3.63, 3.8) is 0 Å². The molecule has 1 unspecified atom stereocenters. The van der Waals surface area contributed by atoms with Crippen molar-refractivity contribution in [2.75, 3.05) is 26.3 Å². The predicted octanol–water partition coefficient (Wildman–Crippen LogP) is 1.31. The van der Waals surface area contributed by atoms with Crippen molar-refractivity contribution < 1.29 is 19.4 Å². The van der Waals surface area contributed by atoms with Gasteiger partial charge in [0.15, 0.2) is 0 Å². The van der Waals surface area contributed by atoms with E-state index in [1.807, 2.05) is 6.92 Å². The molecule has 6 heteroatoms. The maximum atomic E-state index is 12.2. The molecule has 1 saturated carbocycles. The molecule has 20 heavy (non-hydrogen) atoms. The Morgan fingerprint density at radius 1 is 1.30 bits per heavy atom. The second-order valence-electron chi connectivity index (χ2n) is 5.91. The first-order chi connectivity index (χ1) is 9.56. The number of rotatable bonds is 6. The van der Waals surface area contributed by atoms with Crippen LogP contribution in [-0.2, 0) is 9.53 Å². The minimum Gasteiger partial charge on any atom is -0.480 e. The number of aliphatic carboxylic acids is 1. The van der Waals surface area contributed by atoms with Crippen molar-refractivity contribution in [3.05, 3.63) is 0 Å². The Hall–Kier alpha value is -1.30. The van der Waals surface area contributed by atoms with Crippen LogP contribution in [0.3, 0.4) is 0 Å². The fourth-order valence-corrected chi connectivity index (χ4v) is 2.61. The van der Waals surface area contributed by atoms with E-state index in [1.165, 1.54) is 4.90 Å². The number of hydrogen-bond acceptors (Lipinski definition) is 3. The zero-order valence-corrected chi connectivity index (χ0v) is 12.0. The molecule has 1 aliphatic carbocycles. The third kappa shape index (κ3) is 4.67. The minimum absolute atomic E-state index is 0.0573. The summed E-state index contributed by atoms with van der Waals surface area (Å²) >= 11 is 0. The first-order valence-corrected chi connectivity index (χ1v) is 7.41. The van der Waals surface area contributed by atoms with Crippen LogP contribution in [0.4, 0.5) is 4.79 Å². The van der Waals surface area contributed by atoms with Crippen LogP contribution >= 0.6 is 0 Å². The normalized spacial score (nSPS) is 21.2. The molecule has 0 radical (unpaired) electrons. The Bertz CT molecular complexity index is 351. The number of carbonyl (C=O) groups is 2. The van der Waals surface area contributed by atoms with E-state index in [1.54, 1.807) is 0 Å². The number of nitrogens with one attached hydrogen (secondary N) is 1. The molecule has 2 N–H and O–H groups in total. The van der Waals surface area contributed by atoms with Crippen molar-refractivity contribution in [1.29, 1.82) is 0 Å². The van der Waals surface area contributed by atoms with Crippen LogP contribution in [0.15, 0.2) is 0 Å². The molecular weight excluding hydrogens is 260 g/mol. The van der Waals surface area contributed by atoms with Crippen LogP contribution in [0.5, 0.6) is 0 Å². The summed E-state index contributed by atoms with van der Waals surface area (Å²) in [6.07, 6.45) is 4.09. The standard InChI is InChI=1S/C14H24N2O4/c1-10(12-4-6-20-7-5-12)15-14(19)16(9-13(17)18)8-11-2-3-11/h10-12H,2-9H2,1H3,(H,15,19)(H,17,18). The van der Waals surface area contributed by atoms with Crippen LogP contribution < -0.4 is 5.32 Å². The zero-order valence-electron chi connectivity index (χ0n) is 12.0. The highest BCUT2D eigenvalue weighted by atomic mass is 16.5. The van der Waals surface area contributed by atoms with E-state index in [0.29, 0.717) is 18.4 Å². The molecule has 1 atom stereocenters. The predicted molar refractivity (Wildman–Crippen MR) is 73.5 cm³/mol. The molecule has 0 aromatic heterocycles. The summed E-state index contributed by atoms with van der Waals surface area (Å²) in [6.45, 7) is 3.81. The van der Waals surface area contributed by atoms with Crippen LogP contribution in [0, 0.1) is 11.8 Å². The summed E-state index contributed by atoms with van der Waals surface area (Å²) < 4.78 is 5.31. The van der Waals surface area contributed by atoms with Gasteiger partial charge in [-0.15, -0.1) is 0 Å². The summed E-state index contributed by atoms with van der Waals surface area (Å²) in [5.74, 6) is -0.0571. The SMILES string of the molecule is CC(NC(=O)N(CC(=O)O)CC1CC1)C1CCOCC1. The molecular formula is C14H24N2O4. The van der Waals surface area contributed by atoms with E-state index in [4.69, 9.17) is 9.84 Å². The van der Waals surface area contributed by atoms with Gasteiger partial charge < -0.3 is 20.1 Å². The molecule has 1 heterocycles. The molecule has 2 aliphatic rings. The summed E-state index contributed by atoms with van der Waals surface area (Å²) in [6, 6.07) is -0.194. The lowest BCUT2D eigenvalue weighted by Gasteiger charge is -2.30. The van der Waals surface area contributed by atoms with E-state index in [9.17, 15) is 9.59 Å². The van der Waals surface area contributed by atoms with Gasteiger partial charge in [-0.3, -0.25) is 4.79 Å². The summed E-state index contributed by atoms with van der Waals surface area (Å²) in [5.41, 5.74) is 0. The molecule has 0 spiro atoms. The first-order valence-electron chi connectivity index (χ1n) is 7.41. The third-order valence-corrected chi connectivity index (χ3v) is 4.11. The van der Waals surface area contributed by atoms with E-state index in [2.05, 4.69) is 5.32 Å². The number of ether oxygens (including phenoxy) is 1. The van der Waals surface area contributed by atoms with Crippen molar-refractivity contribution in [2.45, 2.75) is 38.6 Å². The van der Waals surface area contributed by atoms with Gasteiger partial charge >= 0.3 is 12.0 Å². The van der Waals surface area contributed by atoms with Crippen LogP contribution in [0.25, 0.3) is 0 Å². The summed E-state index contributed by atoms with van der Waals surface area (Å²) in [4.78, 5) is 24.5. The van der Waals surface area contributed by atoms with Crippen molar-refractivity contribution >= 4 is 12.0 Å². The van der Waals surface area contributed by atoms with E-state index >= 15 is 0 Å².